The molecular formula is C42H65NO16. The van der Waals surface area contributed by atoms with Gasteiger partial charge in [0.15, 0.2) is 30.6 Å². The second-order valence-corrected chi connectivity index (χ2v) is 20.6. The Morgan fingerprint density at radius 3 is 1.86 bits per heavy atom. The number of aliphatic hydroxyl groups excluding tert-OH is 5. The van der Waals surface area contributed by atoms with Crippen LogP contribution >= 0.6 is 0 Å². The van der Waals surface area contributed by atoms with Crippen molar-refractivity contribution in [1.29, 1.82) is 0 Å². The number of fused-ring (bicyclic) bond motifs is 7. The lowest BCUT2D eigenvalue weighted by molar-refractivity contribution is -0.371. The summed E-state index contributed by atoms with van der Waals surface area (Å²) in [4.78, 5) is 51.3. The molecule has 0 radical (unpaired) electrons. The summed E-state index contributed by atoms with van der Waals surface area (Å²) < 4.78 is 23.4. The minimum atomic E-state index is -2.05. The number of carbonyl (C=O) groups excluding carboxylic acids is 1. The maximum Gasteiger partial charge on any atom is 0.335 e. The van der Waals surface area contributed by atoms with Crippen LogP contribution in [0.2, 0.25) is 0 Å². The predicted molar refractivity (Wildman–Crippen MR) is 204 cm³/mol. The van der Waals surface area contributed by atoms with Gasteiger partial charge in [-0.15, -0.1) is 0 Å². The van der Waals surface area contributed by atoms with Crippen molar-refractivity contribution in [2.24, 2.45) is 50.2 Å². The summed E-state index contributed by atoms with van der Waals surface area (Å²) in [6.07, 6.45) is -12.2. The van der Waals surface area contributed by atoms with Crippen LogP contribution in [0.25, 0.3) is 0 Å². The summed E-state index contributed by atoms with van der Waals surface area (Å²) >= 11 is 0. The van der Waals surface area contributed by atoms with Crippen molar-refractivity contribution < 1.29 is 79.0 Å². The van der Waals surface area contributed by atoms with E-state index in [0.717, 1.165) is 37.7 Å². The van der Waals surface area contributed by atoms with Gasteiger partial charge in [0.2, 0.25) is 0 Å². The van der Waals surface area contributed by atoms with Crippen molar-refractivity contribution in [1.82, 2.24) is 6.15 Å². The summed E-state index contributed by atoms with van der Waals surface area (Å²) in [5.74, 6) is -4.47. The lowest BCUT2D eigenvalue weighted by Gasteiger charge is -2.70. The van der Waals surface area contributed by atoms with Crippen molar-refractivity contribution in [2.45, 2.75) is 174 Å². The van der Waals surface area contributed by atoms with Crippen LogP contribution in [-0.2, 0) is 38.1 Å². The van der Waals surface area contributed by atoms with Crippen LogP contribution in [0.3, 0.4) is 0 Å². The number of carbonyl (C=O) groups is 4. The minimum Gasteiger partial charge on any atom is -0.481 e. The molecule has 17 heteroatoms. The smallest absolute Gasteiger partial charge is 0.335 e. The van der Waals surface area contributed by atoms with Gasteiger partial charge in [0.25, 0.3) is 0 Å². The topological polar surface area (TPSA) is 302 Å². The molecule has 7 aliphatic rings. The summed E-state index contributed by atoms with van der Waals surface area (Å²) in [7, 11) is 0. The van der Waals surface area contributed by atoms with E-state index < -0.39 is 107 Å². The number of rotatable bonds is 7. The molecule has 11 N–H and O–H groups in total. The number of aliphatic carboxylic acids is 3. The van der Waals surface area contributed by atoms with E-state index in [9.17, 15) is 60.0 Å². The van der Waals surface area contributed by atoms with E-state index in [1.807, 2.05) is 26.8 Å². The van der Waals surface area contributed by atoms with Crippen LogP contribution in [0.1, 0.15) is 106 Å². The number of hydrogen-bond acceptors (Lipinski definition) is 14. The van der Waals surface area contributed by atoms with Crippen molar-refractivity contribution >= 4 is 23.7 Å². The van der Waals surface area contributed by atoms with Gasteiger partial charge >= 0.3 is 17.9 Å². The average molecular weight is 840 g/mol. The van der Waals surface area contributed by atoms with E-state index in [1.165, 1.54) is 0 Å². The Labute approximate surface area is 344 Å². The van der Waals surface area contributed by atoms with Crippen molar-refractivity contribution in [2.75, 3.05) is 0 Å². The second kappa shape index (κ2) is 15.1. The zero-order valence-corrected chi connectivity index (χ0v) is 35.1. The van der Waals surface area contributed by atoms with Gasteiger partial charge in [-0.3, -0.25) is 9.59 Å². The van der Waals surface area contributed by atoms with Gasteiger partial charge in [0, 0.05) is 5.92 Å². The summed E-state index contributed by atoms with van der Waals surface area (Å²) in [6, 6.07) is 0. The Bertz CT molecular complexity index is 1740. The Balaban J connectivity index is 0.00000585. The van der Waals surface area contributed by atoms with Gasteiger partial charge in [-0.25, -0.2) is 9.59 Å². The monoisotopic (exact) mass is 839 g/mol. The van der Waals surface area contributed by atoms with E-state index >= 15 is 0 Å². The molecule has 0 aromatic heterocycles. The first-order valence-corrected chi connectivity index (χ1v) is 20.7. The SMILES string of the molecule is CC1(C)[C@@H](O[C@H]2O[C@H](C(=O)O)[C@@H](O)[C@H](O)[C@H]2O[C@@H]2O[C@H](C(=O)O)[C@@H](O)[C@H](O)[C@H]2O)CC[C@]2(C)[C@H]3C(=O)C=C4[C@@H]5C[C@@](C)(C(=O)O)CC[C@]5(C)CC[C@]4(C)[C@@]3(C)CC[C@@H]12.N. The number of ether oxygens (including phenoxy) is 4. The molecule has 19 atom stereocenters. The Morgan fingerprint density at radius 2 is 1.27 bits per heavy atom. The maximum atomic E-state index is 14.8. The van der Waals surface area contributed by atoms with Crippen molar-refractivity contribution in [3.63, 3.8) is 0 Å². The van der Waals surface area contributed by atoms with E-state index in [-0.39, 0.29) is 40.5 Å². The lowest BCUT2D eigenvalue weighted by atomic mass is 9.33. The summed E-state index contributed by atoms with van der Waals surface area (Å²) in [5, 5.41) is 83.0. The van der Waals surface area contributed by atoms with Crippen LogP contribution < -0.4 is 6.15 Å². The molecule has 2 heterocycles. The number of hydrogen-bond donors (Lipinski definition) is 9. The van der Waals surface area contributed by atoms with Gasteiger partial charge in [-0.05, 0) is 110 Å². The second-order valence-electron chi connectivity index (χ2n) is 20.6. The number of carboxylic acids is 3. The van der Waals surface area contributed by atoms with E-state index in [0.29, 0.717) is 25.7 Å². The quantitative estimate of drug-likeness (QED) is 0.166. The first-order valence-electron chi connectivity index (χ1n) is 20.7. The number of ketones is 1. The normalized spacial score (nSPS) is 51.7. The molecule has 7 rings (SSSR count). The molecule has 2 aliphatic heterocycles. The molecule has 334 valence electrons. The molecule has 5 aliphatic carbocycles. The highest BCUT2D eigenvalue weighted by atomic mass is 16.8. The van der Waals surface area contributed by atoms with E-state index in [1.54, 1.807) is 0 Å². The molecule has 4 saturated carbocycles. The Morgan fingerprint density at radius 1 is 0.695 bits per heavy atom. The molecule has 0 aromatic carbocycles. The van der Waals surface area contributed by atoms with Gasteiger partial charge in [-0.2, -0.15) is 0 Å². The van der Waals surface area contributed by atoms with Gasteiger partial charge in [-0.1, -0.05) is 47.1 Å². The number of carboxylic acid groups (broad SMARTS) is 3. The van der Waals surface area contributed by atoms with Gasteiger partial charge in [0.1, 0.15) is 36.6 Å². The summed E-state index contributed by atoms with van der Waals surface area (Å²) in [6.45, 7) is 14.8. The molecular weight excluding hydrogens is 774 g/mol. The third-order valence-corrected chi connectivity index (χ3v) is 17.2. The fraction of sp³-hybridized carbons (Fsp3) is 0.857. The zero-order valence-electron chi connectivity index (χ0n) is 35.1. The highest BCUT2D eigenvalue weighted by molar-refractivity contribution is 5.95. The van der Waals surface area contributed by atoms with E-state index in [4.69, 9.17) is 18.9 Å². The van der Waals surface area contributed by atoms with Crippen molar-refractivity contribution in [3.8, 4) is 0 Å². The van der Waals surface area contributed by atoms with Crippen LogP contribution in [0.5, 0.6) is 0 Å². The molecule has 2 saturated heterocycles. The Kier molecular flexibility index (Phi) is 11.7. The van der Waals surface area contributed by atoms with Crippen LogP contribution in [0, 0.1) is 50.2 Å². The minimum absolute atomic E-state index is 0. The molecule has 0 aromatic rings. The number of allylic oxidation sites excluding steroid dienone is 2. The molecule has 0 unspecified atom stereocenters. The van der Waals surface area contributed by atoms with Crippen LogP contribution in [0.15, 0.2) is 11.6 Å². The molecule has 17 nitrogen and oxygen atoms in total. The predicted octanol–water partition coefficient (Wildman–Crippen LogP) is 2.41. The fourth-order valence-corrected chi connectivity index (χ4v) is 13.4. The largest absolute Gasteiger partial charge is 0.481 e. The van der Waals surface area contributed by atoms with Gasteiger partial charge < -0.3 is 66.0 Å². The maximum absolute atomic E-state index is 14.8. The third kappa shape index (κ3) is 6.72. The highest BCUT2D eigenvalue weighted by Crippen LogP contribution is 2.75. The van der Waals surface area contributed by atoms with Crippen LogP contribution in [-0.4, -0.2) is 132 Å². The zero-order chi connectivity index (χ0) is 42.9. The van der Waals surface area contributed by atoms with Crippen LogP contribution in [0.4, 0.5) is 0 Å². The average Bonchev–Trinajstić information content (AvgIpc) is 3.13. The molecule has 0 spiro atoms. The van der Waals surface area contributed by atoms with Crippen molar-refractivity contribution in [3.05, 3.63) is 11.6 Å². The molecule has 0 amide bonds. The van der Waals surface area contributed by atoms with Gasteiger partial charge in [0.05, 0.1) is 11.5 Å². The molecule has 59 heavy (non-hydrogen) atoms. The molecule has 6 fully saturated rings. The highest BCUT2D eigenvalue weighted by Gasteiger charge is 2.71. The number of aliphatic hydroxyl groups is 5. The van der Waals surface area contributed by atoms with E-state index in [2.05, 4.69) is 27.7 Å². The lowest BCUT2D eigenvalue weighted by Crippen LogP contribution is -2.68. The first-order chi connectivity index (χ1) is 26.8. The third-order valence-electron chi connectivity index (χ3n) is 17.2. The summed E-state index contributed by atoms with van der Waals surface area (Å²) in [5.41, 5.74) is -1.81. The fourth-order valence-electron chi connectivity index (χ4n) is 13.4. The molecule has 0 bridgehead atoms. The first kappa shape index (κ1) is 45.9. The standard InChI is InChI=1S/C42H62O16.H3N/c1-37(2)21-8-11-42(7)31(20(43)16-18-19-17-39(4,36(53)54)13-12-38(19,3)14-15-41(18,42)6)40(21,5)10-9-22(37)55-35-30(26(47)25(46)29(57-35)33(51)52)58-34-27(48)23(44)24(45)28(56-34)32(49)50;/h16,19,21-31,34-35,44-48H,8-15,17H2,1-7H3,(H,49,50)(H,51,52)(H,53,54);1H3/t19-,21-,22-,23-,24-,25-,26-,27+,28-,29-,30+,31+,34-,35-,38+,39-,40-,41-,42-;/m0./s1. The Hall–Kier alpha value is -2.58.